The summed E-state index contributed by atoms with van der Waals surface area (Å²) in [6, 6.07) is 7.34. The van der Waals surface area contributed by atoms with E-state index in [0.717, 1.165) is 48.8 Å². The van der Waals surface area contributed by atoms with Crippen LogP contribution in [-0.4, -0.2) is 66.9 Å². The van der Waals surface area contributed by atoms with Crippen molar-refractivity contribution in [3.63, 3.8) is 0 Å². The van der Waals surface area contributed by atoms with Gasteiger partial charge in [-0.05, 0) is 25.1 Å². The van der Waals surface area contributed by atoms with Gasteiger partial charge in [0.2, 0.25) is 5.76 Å². The highest BCUT2D eigenvalue weighted by atomic mass is 32.1. The maximum Gasteiger partial charge on any atom is 0.298 e. The number of anilines is 1. The third kappa shape index (κ3) is 4.16. The summed E-state index contributed by atoms with van der Waals surface area (Å²) in [6.45, 7) is 6.97. The summed E-state index contributed by atoms with van der Waals surface area (Å²) in [5.74, 6) is 0.762. The van der Waals surface area contributed by atoms with Crippen LogP contribution in [0.15, 0.2) is 35.0 Å². The molecule has 0 N–H and O–H groups in total. The Hall–Kier alpha value is -2.49. The van der Waals surface area contributed by atoms with Crippen LogP contribution in [0.5, 0.6) is 5.75 Å². The van der Waals surface area contributed by atoms with Crippen molar-refractivity contribution in [1.82, 2.24) is 15.0 Å². The van der Waals surface area contributed by atoms with Crippen LogP contribution in [-0.2, 0) is 4.74 Å². The van der Waals surface area contributed by atoms with Crippen molar-refractivity contribution < 1.29 is 18.8 Å². The van der Waals surface area contributed by atoms with Gasteiger partial charge in [-0.25, -0.2) is 4.98 Å². The molecule has 0 bridgehead atoms. The van der Waals surface area contributed by atoms with Gasteiger partial charge in [-0.15, -0.1) is 0 Å². The Morgan fingerprint density at radius 1 is 1.32 bits per heavy atom. The average Bonchev–Trinajstić information content (AvgIpc) is 3.39. The minimum absolute atomic E-state index is 0.205. The quantitative estimate of drug-likeness (QED) is 0.601. The number of benzene rings is 1. The number of morpholine rings is 1. The maximum atomic E-state index is 13.0. The van der Waals surface area contributed by atoms with Gasteiger partial charge >= 0.3 is 0 Å². The second-order valence-corrected chi connectivity index (χ2v) is 7.36. The number of ether oxygens (including phenoxy) is 2. The van der Waals surface area contributed by atoms with E-state index in [4.69, 9.17) is 14.0 Å². The summed E-state index contributed by atoms with van der Waals surface area (Å²) >= 11 is 1.47. The molecule has 1 fully saturated rings. The first-order chi connectivity index (χ1) is 13.7. The summed E-state index contributed by atoms with van der Waals surface area (Å²) in [5.41, 5.74) is 0.838. The summed E-state index contributed by atoms with van der Waals surface area (Å²) < 4.78 is 17.0. The number of carbonyl (C=O) groups excluding carboxylic acids is 1. The summed E-state index contributed by atoms with van der Waals surface area (Å²) in [5, 5.41) is 4.30. The van der Waals surface area contributed by atoms with Crippen molar-refractivity contribution in [2.75, 3.05) is 50.9 Å². The Morgan fingerprint density at radius 3 is 2.93 bits per heavy atom. The number of hydrogen-bond acceptors (Lipinski definition) is 8. The molecule has 0 aliphatic carbocycles. The first kappa shape index (κ1) is 18.9. The van der Waals surface area contributed by atoms with Gasteiger partial charge in [0.15, 0.2) is 5.13 Å². The molecule has 1 aliphatic rings. The maximum absolute atomic E-state index is 13.0. The molecule has 1 amide bonds. The van der Waals surface area contributed by atoms with E-state index in [-0.39, 0.29) is 11.7 Å². The lowest BCUT2D eigenvalue weighted by Gasteiger charge is -2.28. The van der Waals surface area contributed by atoms with Crippen molar-refractivity contribution in [1.29, 1.82) is 0 Å². The van der Waals surface area contributed by atoms with Crippen LogP contribution in [0.3, 0.4) is 0 Å². The van der Waals surface area contributed by atoms with Gasteiger partial charge in [0, 0.05) is 32.2 Å². The van der Waals surface area contributed by atoms with Crippen LogP contribution in [0.4, 0.5) is 5.13 Å². The molecule has 28 heavy (non-hydrogen) atoms. The van der Waals surface area contributed by atoms with Crippen LogP contribution in [0.25, 0.3) is 10.2 Å². The van der Waals surface area contributed by atoms with E-state index >= 15 is 0 Å². The van der Waals surface area contributed by atoms with Gasteiger partial charge < -0.3 is 14.0 Å². The Bertz CT molecular complexity index is 921. The Labute approximate surface area is 166 Å². The van der Waals surface area contributed by atoms with Crippen molar-refractivity contribution >= 4 is 32.6 Å². The van der Waals surface area contributed by atoms with E-state index < -0.39 is 0 Å². The van der Waals surface area contributed by atoms with E-state index in [1.807, 2.05) is 25.1 Å². The third-order valence-electron chi connectivity index (χ3n) is 4.53. The number of aromatic nitrogens is 2. The van der Waals surface area contributed by atoms with E-state index in [9.17, 15) is 4.79 Å². The smallest absolute Gasteiger partial charge is 0.298 e. The topological polar surface area (TPSA) is 80.9 Å². The Kier molecular flexibility index (Phi) is 5.84. The average molecular weight is 402 g/mol. The highest BCUT2D eigenvalue weighted by molar-refractivity contribution is 7.22. The zero-order valence-corrected chi connectivity index (χ0v) is 16.5. The largest absolute Gasteiger partial charge is 0.494 e. The fourth-order valence-corrected chi connectivity index (χ4v) is 4.09. The van der Waals surface area contributed by atoms with Crippen LogP contribution >= 0.6 is 11.3 Å². The number of hydrogen-bond donors (Lipinski definition) is 0. The van der Waals surface area contributed by atoms with Gasteiger partial charge in [0.05, 0.1) is 36.2 Å². The van der Waals surface area contributed by atoms with Crippen molar-refractivity contribution in [3.8, 4) is 5.75 Å². The molecule has 8 nitrogen and oxygen atoms in total. The normalized spacial score (nSPS) is 15.0. The summed E-state index contributed by atoms with van der Waals surface area (Å²) in [6.07, 6.45) is 1.47. The SMILES string of the molecule is CCOc1ccc2nc(N(CCN3CCOCC3)C(=O)c3ccno3)sc2c1. The second-order valence-electron chi connectivity index (χ2n) is 6.35. The highest BCUT2D eigenvalue weighted by Gasteiger charge is 2.25. The minimum atomic E-state index is -0.241. The molecule has 9 heteroatoms. The van der Waals surface area contributed by atoms with Crippen molar-refractivity contribution in [2.45, 2.75) is 6.92 Å². The second kappa shape index (κ2) is 8.68. The number of rotatable bonds is 7. The predicted molar refractivity (Wildman–Crippen MR) is 106 cm³/mol. The van der Waals surface area contributed by atoms with E-state index in [1.54, 1.807) is 11.0 Å². The lowest BCUT2D eigenvalue weighted by atomic mass is 10.3. The highest BCUT2D eigenvalue weighted by Crippen LogP contribution is 2.32. The molecule has 0 unspecified atom stereocenters. The fourth-order valence-electron chi connectivity index (χ4n) is 3.07. The van der Waals surface area contributed by atoms with Crippen LogP contribution in [0.1, 0.15) is 17.5 Å². The summed E-state index contributed by atoms with van der Waals surface area (Å²) in [4.78, 5) is 21.6. The molecule has 4 rings (SSSR count). The van der Waals surface area contributed by atoms with Gasteiger partial charge in [0.25, 0.3) is 5.91 Å². The number of carbonyl (C=O) groups is 1. The van der Waals surface area contributed by atoms with Gasteiger partial charge in [-0.2, -0.15) is 0 Å². The molecule has 0 saturated carbocycles. The van der Waals surface area contributed by atoms with Crippen LogP contribution in [0, 0.1) is 0 Å². The minimum Gasteiger partial charge on any atom is -0.494 e. The molecule has 1 aromatic carbocycles. The van der Waals surface area contributed by atoms with Crippen molar-refractivity contribution in [3.05, 3.63) is 36.2 Å². The molecule has 1 aliphatic heterocycles. The zero-order chi connectivity index (χ0) is 19.3. The number of thiazole rings is 1. The van der Waals surface area contributed by atoms with Gasteiger partial charge in [-0.3, -0.25) is 14.6 Å². The molecule has 0 radical (unpaired) electrons. The molecule has 0 atom stereocenters. The molecule has 0 spiro atoms. The number of nitrogens with zero attached hydrogens (tertiary/aromatic N) is 4. The Morgan fingerprint density at radius 2 is 2.18 bits per heavy atom. The zero-order valence-electron chi connectivity index (χ0n) is 15.7. The lowest BCUT2D eigenvalue weighted by molar-refractivity contribution is 0.0390. The van der Waals surface area contributed by atoms with Gasteiger partial charge in [0.1, 0.15) is 5.75 Å². The molecule has 2 aromatic heterocycles. The Balaban J connectivity index is 1.59. The molecule has 3 aromatic rings. The molecular formula is C19H22N4O4S. The molecule has 3 heterocycles. The van der Waals surface area contributed by atoms with E-state index in [1.165, 1.54) is 17.5 Å². The van der Waals surface area contributed by atoms with Crippen LogP contribution in [0.2, 0.25) is 0 Å². The first-order valence-electron chi connectivity index (χ1n) is 9.30. The summed E-state index contributed by atoms with van der Waals surface area (Å²) in [7, 11) is 0. The standard InChI is InChI=1S/C19H22N4O4S/c1-2-26-14-3-4-15-17(13-14)28-19(21-15)23(18(24)16-5-6-20-27-16)8-7-22-9-11-25-12-10-22/h3-6,13H,2,7-12H2,1H3. The van der Waals surface area contributed by atoms with Crippen LogP contribution < -0.4 is 9.64 Å². The predicted octanol–water partition coefficient (Wildman–Crippen LogP) is 2.66. The number of amides is 1. The lowest BCUT2D eigenvalue weighted by Crippen LogP contribution is -2.43. The molecule has 1 saturated heterocycles. The van der Waals surface area contributed by atoms with E-state index in [0.29, 0.717) is 18.3 Å². The molecular weight excluding hydrogens is 380 g/mol. The monoisotopic (exact) mass is 402 g/mol. The number of fused-ring (bicyclic) bond motifs is 1. The molecule has 148 valence electrons. The van der Waals surface area contributed by atoms with Gasteiger partial charge in [-0.1, -0.05) is 16.5 Å². The van der Waals surface area contributed by atoms with E-state index in [2.05, 4.69) is 15.0 Å². The first-order valence-corrected chi connectivity index (χ1v) is 10.1. The third-order valence-corrected chi connectivity index (χ3v) is 5.57. The van der Waals surface area contributed by atoms with Crippen molar-refractivity contribution in [2.24, 2.45) is 0 Å². The fraction of sp³-hybridized carbons (Fsp3) is 0.421.